The van der Waals surface area contributed by atoms with Crippen LogP contribution in [-0.2, 0) is 4.79 Å². The Morgan fingerprint density at radius 1 is 1.10 bits per heavy atom. The van der Waals surface area contributed by atoms with E-state index in [1.165, 1.54) is 37.4 Å². The fourth-order valence-corrected chi connectivity index (χ4v) is 2.59. The second-order valence-electron chi connectivity index (χ2n) is 5.74. The number of primary amides is 1. The second-order valence-corrected chi connectivity index (χ2v) is 6.14. The van der Waals surface area contributed by atoms with Gasteiger partial charge in [-0.25, -0.2) is 4.39 Å². The van der Waals surface area contributed by atoms with Gasteiger partial charge in [-0.15, -0.1) is 0 Å². The summed E-state index contributed by atoms with van der Waals surface area (Å²) >= 11 is 6.10. The molecule has 8 nitrogen and oxygen atoms in total. The molecule has 4 N–H and O–H groups in total. The van der Waals surface area contributed by atoms with Crippen molar-refractivity contribution in [3.8, 4) is 11.5 Å². The zero-order valence-corrected chi connectivity index (χ0v) is 16.2. The SMILES string of the molecule is COc1cc(C(=O)NCCNC(=O)c2ccccc2F)cc(Cl)c1OCC(N)=O. The minimum atomic E-state index is -0.692. The molecule has 0 fully saturated rings. The molecule has 2 aromatic carbocycles. The van der Waals surface area contributed by atoms with Crippen LogP contribution in [0.5, 0.6) is 11.5 Å². The van der Waals surface area contributed by atoms with E-state index in [0.29, 0.717) is 0 Å². The number of benzene rings is 2. The van der Waals surface area contributed by atoms with Crippen LogP contribution < -0.4 is 25.8 Å². The number of halogens is 2. The van der Waals surface area contributed by atoms with Gasteiger partial charge in [0.05, 0.1) is 17.7 Å². The molecule has 29 heavy (non-hydrogen) atoms. The summed E-state index contributed by atoms with van der Waals surface area (Å²) in [5.74, 6) is -2.15. The highest BCUT2D eigenvalue weighted by molar-refractivity contribution is 6.32. The molecule has 0 saturated heterocycles. The predicted octanol–water partition coefficient (Wildman–Crippen LogP) is 1.51. The normalized spacial score (nSPS) is 10.2. The highest BCUT2D eigenvalue weighted by Gasteiger charge is 2.17. The summed E-state index contributed by atoms with van der Waals surface area (Å²) in [7, 11) is 1.35. The van der Waals surface area contributed by atoms with E-state index in [0.717, 1.165) is 0 Å². The third kappa shape index (κ3) is 6.08. The molecular weight excluding hydrogens is 405 g/mol. The van der Waals surface area contributed by atoms with Gasteiger partial charge < -0.3 is 25.8 Å². The molecule has 10 heteroatoms. The Balaban J connectivity index is 1.93. The van der Waals surface area contributed by atoms with Crippen molar-refractivity contribution in [3.05, 3.63) is 58.4 Å². The Labute approximate surface area is 171 Å². The average Bonchev–Trinajstić information content (AvgIpc) is 2.69. The Bertz CT molecular complexity index is 923. The Morgan fingerprint density at radius 3 is 2.38 bits per heavy atom. The van der Waals surface area contributed by atoms with Gasteiger partial charge >= 0.3 is 0 Å². The third-order valence-corrected chi connectivity index (χ3v) is 3.95. The van der Waals surface area contributed by atoms with Crippen LogP contribution in [0, 0.1) is 5.82 Å². The lowest BCUT2D eigenvalue weighted by atomic mass is 10.2. The lowest BCUT2D eigenvalue weighted by Gasteiger charge is -2.13. The van der Waals surface area contributed by atoms with Crippen molar-refractivity contribution < 1.29 is 28.2 Å². The van der Waals surface area contributed by atoms with Crippen LogP contribution >= 0.6 is 11.6 Å². The van der Waals surface area contributed by atoms with Gasteiger partial charge in [-0.3, -0.25) is 14.4 Å². The third-order valence-electron chi connectivity index (χ3n) is 3.66. The van der Waals surface area contributed by atoms with E-state index in [1.807, 2.05) is 0 Å². The maximum Gasteiger partial charge on any atom is 0.255 e. The lowest BCUT2D eigenvalue weighted by molar-refractivity contribution is -0.119. The van der Waals surface area contributed by atoms with Crippen LogP contribution in [0.1, 0.15) is 20.7 Å². The molecule has 2 rings (SSSR count). The maximum atomic E-state index is 13.5. The molecule has 0 spiro atoms. The van der Waals surface area contributed by atoms with Crippen molar-refractivity contribution in [2.75, 3.05) is 26.8 Å². The highest BCUT2D eigenvalue weighted by Crippen LogP contribution is 2.36. The minimum Gasteiger partial charge on any atom is -0.493 e. The van der Waals surface area contributed by atoms with E-state index in [1.54, 1.807) is 6.07 Å². The number of nitrogens with one attached hydrogen (secondary N) is 2. The number of carbonyl (C=O) groups is 3. The number of hydrogen-bond donors (Lipinski definition) is 3. The van der Waals surface area contributed by atoms with E-state index >= 15 is 0 Å². The summed E-state index contributed by atoms with van der Waals surface area (Å²) in [4.78, 5) is 35.1. The van der Waals surface area contributed by atoms with E-state index in [4.69, 9.17) is 26.8 Å². The molecular formula is C19H19ClFN3O5. The van der Waals surface area contributed by atoms with Gasteiger partial charge in [0.15, 0.2) is 18.1 Å². The summed E-state index contributed by atoms with van der Waals surface area (Å²) in [6.45, 7) is -0.216. The molecule has 154 valence electrons. The fraction of sp³-hybridized carbons (Fsp3) is 0.211. The first kappa shape index (κ1) is 22.0. The molecule has 0 unspecified atom stereocenters. The molecule has 0 aliphatic heterocycles. The zero-order valence-electron chi connectivity index (χ0n) is 15.5. The fourth-order valence-electron chi connectivity index (χ4n) is 2.33. The van der Waals surface area contributed by atoms with Gasteiger partial charge in [0, 0.05) is 18.7 Å². The van der Waals surface area contributed by atoms with E-state index in [2.05, 4.69) is 10.6 Å². The number of methoxy groups -OCH3 is 1. The van der Waals surface area contributed by atoms with Crippen LogP contribution in [0.25, 0.3) is 0 Å². The van der Waals surface area contributed by atoms with Crippen LogP contribution in [-0.4, -0.2) is 44.5 Å². The quantitative estimate of drug-likeness (QED) is 0.528. The van der Waals surface area contributed by atoms with Crippen molar-refractivity contribution in [3.63, 3.8) is 0 Å². The molecule has 2 aromatic rings. The van der Waals surface area contributed by atoms with E-state index in [-0.39, 0.29) is 40.7 Å². The molecule has 0 bridgehead atoms. The number of nitrogens with two attached hydrogens (primary N) is 1. The second kappa shape index (κ2) is 10.3. The number of carbonyl (C=O) groups excluding carboxylic acids is 3. The van der Waals surface area contributed by atoms with Gasteiger partial charge in [-0.2, -0.15) is 0 Å². The number of ether oxygens (including phenoxy) is 2. The summed E-state index contributed by atoms with van der Waals surface area (Å²) in [5, 5.41) is 5.16. The van der Waals surface area contributed by atoms with Gasteiger partial charge in [0.2, 0.25) is 0 Å². The first-order chi connectivity index (χ1) is 13.8. The first-order valence-electron chi connectivity index (χ1n) is 8.43. The minimum absolute atomic E-state index is 0.0589. The van der Waals surface area contributed by atoms with E-state index in [9.17, 15) is 18.8 Å². The molecule has 0 radical (unpaired) electrons. The van der Waals surface area contributed by atoms with E-state index < -0.39 is 30.1 Å². The van der Waals surface area contributed by atoms with Gasteiger partial charge in [0.1, 0.15) is 5.82 Å². The molecule has 0 aromatic heterocycles. The monoisotopic (exact) mass is 423 g/mol. The molecule has 0 atom stereocenters. The van der Waals surface area contributed by atoms with Crippen molar-refractivity contribution in [1.82, 2.24) is 10.6 Å². The molecule has 0 saturated carbocycles. The van der Waals surface area contributed by atoms with Crippen molar-refractivity contribution in [2.24, 2.45) is 5.73 Å². The standard InChI is InChI=1S/C19H19ClFN3O5/c1-28-15-9-11(8-13(20)17(15)29-10-16(22)25)18(26)23-6-7-24-19(27)12-4-2-3-5-14(12)21/h2-5,8-9H,6-7,10H2,1H3,(H2,22,25)(H,23,26)(H,24,27). The predicted molar refractivity (Wildman–Crippen MR) is 104 cm³/mol. The van der Waals surface area contributed by atoms with Crippen LogP contribution in [0.15, 0.2) is 36.4 Å². The zero-order chi connectivity index (χ0) is 21.4. The first-order valence-corrected chi connectivity index (χ1v) is 8.80. The van der Waals surface area contributed by atoms with Crippen LogP contribution in [0.4, 0.5) is 4.39 Å². The number of hydrogen-bond acceptors (Lipinski definition) is 5. The topological polar surface area (TPSA) is 120 Å². The van der Waals surface area contributed by atoms with Crippen LogP contribution in [0.2, 0.25) is 5.02 Å². The largest absolute Gasteiger partial charge is 0.493 e. The van der Waals surface area contributed by atoms with Crippen LogP contribution in [0.3, 0.4) is 0 Å². The van der Waals surface area contributed by atoms with Gasteiger partial charge in [0.25, 0.3) is 17.7 Å². The van der Waals surface area contributed by atoms with Crippen molar-refractivity contribution >= 4 is 29.3 Å². The average molecular weight is 424 g/mol. The number of rotatable bonds is 9. The number of amides is 3. The molecule has 3 amide bonds. The summed E-state index contributed by atoms with van der Waals surface area (Å²) in [6, 6.07) is 8.30. The Hall–Kier alpha value is -3.33. The van der Waals surface area contributed by atoms with Crippen molar-refractivity contribution in [2.45, 2.75) is 0 Å². The summed E-state index contributed by atoms with van der Waals surface area (Å²) < 4.78 is 23.9. The smallest absolute Gasteiger partial charge is 0.255 e. The molecule has 0 heterocycles. The van der Waals surface area contributed by atoms with Gasteiger partial charge in [-0.1, -0.05) is 23.7 Å². The molecule has 0 aliphatic rings. The van der Waals surface area contributed by atoms with Gasteiger partial charge in [-0.05, 0) is 24.3 Å². The summed E-state index contributed by atoms with van der Waals surface area (Å²) in [6.07, 6.45) is 0. The lowest BCUT2D eigenvalue weighted by Crippen LogP contribution is -2.35. The summed E-state index contributed by atoms with van der Waals surface area (Å²) in [5.41, 5.74) is 5.13. The highest BCUT2D eigenvalue weighted by atomic mass is 35.5. The Morgan fingerprint density at radius 2 is 1.76 bits per heavy atom. The Kier molecular flexibility index (Phi) is 7.79. The maximum absolute atomic E-state index is 13.5. The molecule has 0 aliphatic carbocycles. The van der Waals surface area contributed by atoms with Crippen molar-refractivity contribution in [1.29, 1.82) is 0 Å².